The quantitative estimate of drug-likeness (QED) is 0.0949. The summed E-state index contributed by atoms with van der Waals surface area (Å²) in [7, 11) is -9.74. The number of halogens is 4. The van der Waals surface area contributed by atoms with E-state index in [0.717, 1.165) is 84.9 Å². The first-order chi connectivity index (χ1) is 20.5. The number of carbonyl (C=O) groups is 1. The molecule has 18 heteroatoms. The summed E-state index contributed by atoms with van der Waals surface area (Å²) in [5, 5.41) is 19.9. The van der Waals surface area contributed by atoms with Crippen LogP contribution in [0.5, 0.6) is 0 Å². The number of nitrogens with zero attached hydrogens (tertiary/aromatic N) is 3. The lowest BCUT2D eigenvalue weighted by Crippen LogP contribution is -2.49. The first kappa shape index (κ1) is 33.6. The van der Waals surface area contributed by atoms with Crippen molar-refractivity contribution in [2.75, 3.05) is 8.61 Å². The lowest BCUT2D eigenvalue weighted by Gasteiger charge is -2.33. The number of sulfonamides is 2. The Bertz CT molecular complexity index is 1990. The third-order valence-corrected chi connectivity index (χ3v) is 11.5. The Morgan fingerprint density at radius 2 is 1.18 bits per heavy atom. The standard InChI is InChI=1S/C26H15F2I2N3O8S3/c27-16-1-9-20(10-2-16)43(38,39)31(18-5-7-19(8-6-18)33(36)37)26(42)32(44(40,41)21-11-3-17(28)4-12-21)24-22(29)13-15(25(34)35)14-23(24)30/h1-14H,(H,34,35). The maximum Gasteiger partial charge on any atom is 0.335 e. The fraction of sp³-hybridized carbons (Fsp3) is 0. The van der Waals surface area contributed by atoms with Gasteiger partial charge >= 0.3 is 5.97 Å². The van der Waals surface area contributed by atoms with E-state index in [1.165, 1.54) is 0 Å². The van der Waals surface area contributed by atoms with Crippen LogP contribution in [0.25, 0.3) is 0 Å². The van der Waals surface area contributed by atoms with Crippen LogP contribution in [0.15, 0.2) is 94.7 Å². The number of aromatic carboxylic acids is 1. The third kappa shape index (κ3) is 6.67. The maximum absolute atomic E-state index is 14.2. The normalized spacial score (nSPS) is 11.5. The molecule has 228 valence electrons. The molecule has 0 aliphatic carbocycles. The van der Waals surface area contributed by atoms with Crippen LogP contribution in [0.1, 0.15) is 10.4 Å². The minimum absolute atomic E-state index is 0.0303. The molecule has 0 saturated heterocycles. The number of thiocarbonyl (C=S) groups is 1. The van der Waals surface area contributed by atoms with Crippen molar-refractivity contribution < 1.29 is 40.4 Å². The Balaban J connectivity index is 2.06. The second-order valence-electron chi connectivity index (χ2n) is 8.60. The van der Waals surface area contributed by atoms with Gasteiger partial charge in [0.2, 0.25) is 5.11 Å². The average molecular weight is 885 g/mol. The van der Waals surface area contributed by atoms with Gasteiger partial charge in [-0.3, -0.25) is 10.1 Å². The Morgan fingerprint density at radius 1 is 0.773 bits per heavy atom. The van der Waals surface area contributed by atoms with E-state index in [1.807, 2.05) is 0 Å². The smallest absolute Gasteiger partial charge is 0.335 e. The van der Waals surface area contributed by atoms with Crippen LogP contribution in [-0.4, -0.2) is 37.9 Å². The molecule has 0 radical (unpaired) electrons. The van der Waals surface area contributed by atoms with Gasteiger partial charge in [0.15, 0.2) is 0 Å². The lowest BCUT2D eigenvalue weighted by molar-refractivity contribution is -0.384. The topological polar surface area (TPSA) is 155 Å². The molecular weight excluding hydrogens is 870 g/mol. The summed E-state index contributed by atoms with van der Waals surface area (Å²) in [4.78, 5) is 21.2. The van der Waals surface area contributed by atoms with Gasteiger partial charge in [-0.25, -0.2) is 39.0 Å². The molecule has 4 aromatic carbocycles. The summed E-state index contributed by atoms with van der Waals surface area (Å²) in [5.74, 6) is -2.86. The summed E-state index contributed by atoms with van der Waals surface area (Å²) < 4.78 is 85.1. The fourth-order valence-electron chi connectivity index (χ4n) is 3.77. The molecule has 0 spiro atoms. The van der Waals surface area contributed by atoms with E-state index in [4.69, 9.17) is 12.2 Å². The van der Waals surface area contributed by atoms with E-state index in [9.17, 15) is 45.6 Å². The zero-order valence-corrected chi connectivity index (χ0v) is 28.2. The van der Waals surface area contributed by atoms with E-state index in [2.05, 4.69) is 0 Å². The molecule has 0 aromatic heterocycles. The number of rotatable bonds is 8. The van der Waals surface area contributed by atoms with Crippen LogP contribution >= 0.6 is 57.4 Å². The molecule has 0 unspecified atom stereocenters. The van der Waals surface area contributed by atoms with Crippen molar-refractivity contribution in [3.63, 3.8) is 0 Å². The van der Waals surface area contributed by atoms with Crippen molar-refractivity contribution in [3.8, 4) is 0 Å². The minimum Gasteiger partial charge on any atom is -0.478 e. The largest absolute Gasteiger partial charge is 0.478 e. The van der Waals surface area contributed by atoms with Gasteiger partial charge in [0.25, 0.3) is 25.7 Å². The van der Waals surface area contributed by atoms with Crippen molar-refractivity contribution in [3.05, 3.63) is 119 Å². The molecule has 0 saturated carbocycles. The number of hydrogen-bond donors (Lipinski definition) is 1. The van der Waals surface area contributed by atoms with Gasteiger partial charge in [0.05, 0.1) is 31.7 Å². The van der Waals surface area contributed by atoms with Crippen molar-refractivity contribution >= 4 is 106 Å². The second-order valence-corrected chi connectivity index (χ2v) is 14.9. The predicted octanol–water partition coefficient (Wildman–Crippen LogP) is 6.16. The number of carboxylic acid groups (broad SMARTS) is 1. The summed E-state index contributed by atoms with van der Waals surface area (Å²) in [6, 6.07) is 13.4. The first-order valence-electron chi connectivity index (χ1n) is 11.7. The highest BCUT2D eigenvalue weighted by molar-refractivity contribution is 14.1. The van der Waals surface area contributed by atoms with Gasteiger partial charge in [0.1, 0.15) is 11.6 Å². The molecule has 0 bridgehead atoms. The van der Waals surface area contributed by atoms with Crippen molar-refractivity contribution in [1.29, 1.82) is 0 Å². The van der Waals surface area contributed by atoms with E-state index in [1.54, 1.807) is 45.2 Å². The molecule has 4 rings (SSSR count). The van der Waals surface area contributed by atoms with Crippen LogP contribution in [0.4, 0.5) is 25.8 Å². The van der Waals surface area contributed by atoms with Crippen LogP contribution < -0.4 is 8.61 Å². The number of nitro groups is 1. The molecular formula is C26H15F2I2N3O8S3. The molecule has 0 amide bonds. The minimum atomic E-state index is -4.88. The monoisotopic (exact) mass is 885 g/mol. The van der Waals surface area contributed by atoms with Gasteiger partial charge in [0, 0.05) is 19.3 Å². The van der Waals surface area contributed by atoms with Crippen molar-refractivity contribution in [1.82, 2.24) is 0 Å². The zero-order valence-electron chi connectivity index (χ0n) is 21.5. The highest BCUT2D eigenvalue weighted by atomic mass is 127. The number of carboxylic acids is 1. The van der Waals surface area contributed by atoms with Crippen molar-refractivity contribution in [2.45, 2.75) is 9.79 Å². The first-order valence-corrected chi connectivity index (χ1v) is 17.1. The fourth-order valence-corrected chi connectivity index (χ4v) is 9.98. The molecule has 4 aromatic rings. The summed E-state index contributed by atoms with van der Waals surface area (Å²) in [6.07, 6.45) is 0. The van der Waals surface area contributed by atoms with E-state index in [-0.39, 0.29) is 24.1 Å². The molecule has 1 N–H and O–H groups in total. The van der Waals surface area contributed by atoms with Gasteiger partial charge in [-0.05, 0) is 130 Å². The molecule has 0 fully saturated rings. The van der Waals surface area contributed by atoms with Crippen LogP contribution in [-0.2, 0) is 20.0 Å². The van der Waals surface area contributed by atoms with Crippen LogP contribution in [0.3, 0.4) is 0 Å². The summed E-state index contributed by atoms with van der Waals surface area (Å²) >= 11 is 8.92. The van der Waals surface area contributed by atoms with Gasteiger partial charge in [-0.1, -0.05) is 0 Å². The molecule has 0 heterocycles. The van der Waals surface area contributed by atoms with Gasteiger partial charge < -0.3 is 5.11 Å². The number of nitro benzene ring substituents is 1. The van der Waals surface area contributed by atoms with E-state index < -0.39 is 63.2 Å². The molecule has 11 nitrogen and oxygen atoms in total. The predicted molar refractivity (Wildman–Crippen MR) is 177 cm³/mol. The van der Waals surface area contributed by atoms with Gasteiger partial charge in [-0.15, -0.1) is 0 Å². The number of non-ortho nitro benzene ring substituents is 1. The Kier molecular flexibility index (Phi) is 9.87. The van der Waals surface area contributed by atoms with Crippen LogP contribution in [0, 0.1) is 28.9 Å². The Labute approximate surface area is 281 Å². The summed E-state index contributed by atoms with van der Waals surface area (Å²) in [5.41, 5.74) is -1.18. The zero-order chi connectivity index (χ0) is 32.6. The lowest BCUT2D eigenvalue weighted by atomic mass is 10.2. The number of anilines is 2. The Morgan fingerprint density at radius 3 is 1.57 bits per heavy atom. The average Bonchev–Trinajstić information content (AvgIpc) is 2.95. The molecule has 0 atom stereocenters. The summed E-state index contributed by atoms with van der Waals surface area (Å²) in [6.45, 7) is 0. The van der Waals surface area contributed by atoms with Crippen LogP contribution in [0.2, 0.25) is 0 Å². The number of benzene rings is 4. The third-order valence-electron chi connectivity index (χ3n) is 5.81. The van der Waals surface area contributed by atoms with E-state index >= 15 is 0 Å². The second kappa shape index (κ2) is 12.9. The highest BCUT2D eigenvalue weighted by Crippen LogP contribution is 2.37. The highest BCUT2D eigenvalue weighted by Gasteiger charge is 2.40. The molecule has 44 heavy (non-hydrogen) atoms. The molecule has 0 aliphatic heterocycles. The Hall–Kier alpha value is -3.34. The SMILES string of the molecule is O=C(O)c1cc(I)c(N(C(=S)N(c2ccc([N+](=O)[O-])cc2)S(=O)(=O)c2ccc(F)cc2)S(=O)(=O)c2ccc(F)cc2)c(I)c1. The number of hydrogen-bond acceptors (Lipinski definition) is 8. The molecule has 0 aliphatic rings. The maximum atomic E-state index is 14.2. The van der Waals surface area contributed by atoms with E-state index in [0.29, 0.717) is 8.61 Å². The van der Waals surface area contributed by atoms with Crippen molar-refractivity contribution in [2.24, 2.45) is 0 Å². The van der Waals surface area contributed by atoms with Gasteiger partial charge in [-0.2, -0.15) is 0 Å².